The van der Waals surface area contributed by atoms with Crippen LogP contribution in [0.15, 0.2) is 28.9 Å². The first-order valence-corrected chi connectivity index (χ1v) is 6.63. The fraction of sp³-hybridized carbons (Fsp3) is 0.167. The van der Waals surface area contributed by atoms with Gasteiger partial charge in [-0.05, 0) is 28.9 Å². The van der Waals surface area contributed by atoms with E-state index >= 15 is 0 Å². The molecule has 0 aliphatic heterocycles. The maximum absolute atomic E-state index is 11.9. The zero-order chi connectivity index (χ0) is 15.6. The number of non-ortho nitro benzene ring substituents is 1. The lowest BCUT2D eigenvalue weighted by Gasteiger charge is -2.07. The van der Waals surface area contributed by atoms with E-state index in [0.29, 0.717) is 0 Å². The number of hydrogen-bond donors (Lipinski definition) is 2. The number of aromatic hydroxyl groups is 1. The van der Waals surface area contributed by atoms with Crippen LogP contribution in [0.2, 0.25) is 0 Å². The first-order chi connectivity index (χ1) is 9.86. The van der Waals surface area contributed by atoms with E-state index in [9.17, 15) is 20.0 Å². The summed E-state index contributed by atoms with van der Waals surface area (Å²) in [6.45, 7) is 1.71. The van der Waals surface area contributed by atoms with E-state index in [1.165, 1.54) is 4.68 Å². The molecule has 9 heteroatoms. The molecule has 0 unspecified atom stereocenters. The van der Waals surface area contributed by atoms with Gasteiger partial charge < -0.3 is 10.4 Å². The summed E-state index contributed by atoms with van der Waals surface area (Å²) in [4.78, 5) is 21.9. The van der Waals surface area contributed by atoms with E-state index in [-0.39, 0.29) is 23.7 Å². The van der Waals surface area contributed by atoms with Gasteiger partial charge in [0.2, 0.25) is 5.91 Å². The molecule has 0 radical (unpaired) electrons. The van der Waals surface area contributed by atoms with Gasteiger partial charge in [0, 0.05) is 18.3 Å². The molecule has 0 aliphatic rings. The highest BCUT2D eigenvalue weighted by atomic mass is 79.9. The molecule has 2 rings (SSSR count). The van der Waals surface area contributed by atoms with E-state index in [0.717, 1.165) is 28.4 Å². The second-order valence-corrected chi connectivity index (χ2v) is 5.12. The number of anilines is 1. The lowest BCUT2D eigenvalue weighted by molar-refractivity contribution is -0.384. The van der Waals surface area contributed by atoms with Crippen molar-refractivity contribution in [3.8, 4) is 5.75 Å². The highest BCUT2D eigenvalue weighted by molar-refractivity contribution is 9.10. The molecule has 2 N–H and O–H groups in total. The number of halogens is 1. The summed E-state index contributed by atoms with van der Waals surface area (Å²) >= 11 is 3.28. The van der Waals surface area contributed by atoms with E-state index < -0.39 is 10.8 Å². The minimum Gasteiger partial charge on any atom is -0.506 e. The van der Waals surface area contributed by atoms with E-state index in [1.807, 2.05) is 0 Å². The van der Waals surface area contributed by atoms with Crippen LogP contribution in [0.3, 0.4) is 0 Å². The molecule has 0 saturated carbocycles. The van der Waals surface area contributed by atoms with Crippen molar-refractivity contribution in [2.45, 2.75) is 13.5 Å². The summed E-state index contributed by atoms with van der Waals surface area (Å²) < 4.78 is 2.19. The Morgan fingerprint density at radius 1 is 1.57 bits per heavy atom. The number of carbonyl (C=O) groups excluding carboxylic acids is 1. The van der Waals surface area contributed by atoms with Crippen LogP contribution in [-0.4, -0.2) is 25.7 Å². The van der Waals surface area contributed by atoms with Crippen molar-refractivity contribution in [1.82, 2.24) is 9.78 Å². The molecular formula is C12H11BrN4O4. The summed E-state index contributed by atoms with van der Waals surface area (Å²) in [5.41, 5.74) is 0.499. The van der Waals surface area contributed by atoms with Crippen molar-refractivity contribution in [2.75, 3.05) is 5.32 Å². The summed E-state index contributed by atoms with van der Waals surface area (Å²) in [5, 5.41) is 26.8. The van der Waals surface area contributed by atoms with Gasteiger partial charge in [0.05, 0.1) is 20.8 Å². The number of nitro groups is 1. The van der Waals surface area contributed by atoms with E-state index in [2.05, 4.69) is 26.3 Å². The van der Waals surface area contributed by atoms with Crippen LogP contribution < -0.4 is 5.32 Å². The molecule has 1 aromatic heterocycles. The van der Waals surface area contributed by atoms with Crippen molar-refractivity contribution in [1.29, 1.82) is 0 Å². The quantitative estimate of drug-likeness (QED) is 0.496. The summed E-state index contributed by atoms with van der Waals surface area (Å²) in [7, 11) is 0. The number of hydrogen-bond acceptors (Lipinski definition) is 5. The molecule has 8 nitrogen and oxygen atoms in total. The molecule has 1 aromatic carbocycles. The summed E-state index contributed by atoms with van der Waals surface area (Å²) in [6, 6.07) is 3.40. The molecule has 110 valence electrons. The predicted molar refractivity (Wildman–Crippen MR) is 78.1 cm³/mol. The van der Waals surface area contributed by atoms with Gasteiger partial charge >= 0.3 is 0 Å². The second-order valence-electron chi connectivity index (χ2n) is 4.27. The molecule has 1 heterocycles. The molecule has 0 aliphatic carbocycles. The Bertz CT molecular complexity index is 694. The van der Waals surface area contributed by atoms with Crippen LogP contribution in [0.4, 0.5) is 11.4 Å². The molecule has 0 atom stereocenters. The Morgan fingerprint density at radius 2 is 2.29 bits per heavy atom. The zero-order valence-electron chi connectivity index (χ0n) is 10.9. The lowest BCUT2D eigenvalue weighted by Crippen LogP contribution is -2.19. The van der Waals surface area contributed by atoms with Crippen LogP contribution in [0.25, 0.3) is 0 Å². The Kier molecular flexibility index (Phi) is 4.22. The number of aryl methyl sites for hydroxylation is 1. The summed E-state index contributed by atoms with van der Waals surface area (Å²) in [6.07, 6.45) is 1.64. The number of rotatable bonds is 4. The highest BCUT2D eigenvalue weighted by Crippen LogP contribution is 2.27. The van der Waals surface area contributed by atoms with Gasteiger partial charge in [-0.3, -0.25) is 19.6 Å². The molecule has 0 bridgehead atoms. The van der Waals surface area contributed by atoms with Crippen molar-refractivity contribution < 1.29 is 14.8 Å². The minimum atomic E-state index is -0.608. The standard InChI is InChI=1S/C12H11BrN4O4/c1-7-9(13)5-16(15-7)6-12(19)14-10-4-8(17(20)21)2-3-11(10)18/h2-5,18H,6H2,1H3,(H,14,19). The molecule has 0 fully saturated rings. The van der Waals surface area contributed by atoms with Gasteiger partial charge in [-0.15, -0.1) is 0 Å². The number of nitro benzene ring substituents is 1. The Hall–Kier alpha value is -2.42. The molecule has 2 aromatic rings. The number of phenols is 1. The number of phenolic OH excluding ortho intramolecular Hbond substituents is 1. The molecule has 0 spiro atoms. The second kappa shape index (κ2) is 5.92. The van der Waals surface area contributed by atoms with Crippen molar-refractivity contribution in [3.05, 3.63) is 44.7 Å². The SMILES string of the molecule is Cc1nn(CC(=O)Nc2cc([N+](=O)[O-])ccc2O)cc1Br. The average molecular weight is 355 g/mol. The number of nitrogens with one attached hydrogen (secondary N) is 1. The van der Waals surface area contributed by atoms with Crippen LogP contribution in [-0.2, 0) is 11.3 Å². The average Bonchev–Trinajstić information content (AvgIpc) is 2.70. The summed E-state index contributed by atoms with van der Waals surface area (Å²) in [5.74, 6) is -0.701. The maximum atomic E-state index is 11.9. The van der Waals surface area contributed by atoms with Crippen LogP contribution in [0, 0.1) is 17.0 Å². The van der Waals surface area contributed by atoms with Gasteiger partial charge in [-0.2, -0.15) is 5.10 Å². The van der Waals surface area contributed by atoms with Crippen LogP contribution in [0.5, 0.6) is 5.75 Å². The number of amides is 1. The number of aromatic nitrogens is 2. The van der Waals surface area contributed by atoms with Crippen LogP contribution >= 0.6 is 15.9 Å². The lowest BCUT2D eigenvalue weighted by atomic mass is 10.2. The van der Waals surface area contributed by atoms with Crippen LogP contribution in [0.1, 0.15) is 5.69 Å². The maximum Gasteiger partial charge on any atom is 0.271 e. The normalized spacial score (nSPS) is 10.4. The van der Waals surface area contributed by atoms with E-state index in [1.54, 1.807) is 13.1 Å². The fourth-order valence-corrected chi connectivity index (χ4v) is 1.96. The Balaban J connectivity index is 2.12. The fourth-order valence-electron chi connectivity index (χ4n) is 1.65. The molecular weight excluding hydrogens is 344 g/mol. The van der Waals surface area contributed by atoms with Gasteiger partial charge in [-0.1, -0.05) is 0 Å². The largest absolute Gasteiger partial charge is 0.506 e. The van der Waals surface area contributed by atoms with Gasteiger partial charge in [0.25, 0.3) is 5.69 Å². The highest BCUT2D eigenvalue weighted by Gasteiger charge is 2.13. The molecule has 21 heavy (non-hydrogen) atoms. The van der Waals surface area contributed by atoms with Gasteiger partial charge in [0.1, 0.15) is 12.3 Å². The number of nitrogens with zero attached hydrogens (tertiary/aromatic N) is 3. The topological polar surface area (TPSA) is 110 Å². The number of benzene rings is 1. The third kappa shape index (κ3) is 3.57. The Morgan fingerprint density at radius 3 is 2.86 bits per heavy atom. The van der Waals surface area contributed by atoms with Gasteiger partial charge in [0.15, 0.2) is 0 Å². The van der Waals surface area contributed by atoms with E-state index in [4.69, 9.17) is 0 Å². The zero-order valence-corrected chi connectivity index (χ0v) is 12.5. The third-order valence-electron chi connectivity index (χ3n) is 2.66. The Labute approximate surface area is 127 Å². The molecule has 0 saturated heterocycles. The predicted octanol–water partition coefficient (Wildman–Crippen LogP) is 2.21. The van der Waals surface area contributed by atoms with Crippen molar-refractivity contribution in [3.63, 3.8) is 0 Å². The third-order valence-corrected chi connectivity index (χ3v) is 3.44. The van der Waals surface area contributed by atoms with Crippen molar-refractivity contribution >= 4 is 33.2 Å². The first kappa shape index (κ1) is 15.0. The van der Waals surface area contributed by atoms with Crippen molar-refractivity contribution in [2.24, 2.45) is 0 Å². The smallest absolute Gasteiger partial charge is 0.271 e. The monoisotopic (exact) mass is 354 g/mol. The minimum absolute atomic E-state index is 0.0165. The number of carbonyl (C=O) groups is 1. The first-order valence-electron chi connectivity index (χ1n) is 5.83. The van der Waals surface area contributed by atoms with Gasteiger partial charge in [-0.25, -0.2) is 0 Å². The molecule has 1 amide bonds.